The summed E-state index contributed by atoms with van der Waals surface area (Å²) in [6.45, 7) is 1.40. The molecule has 1 aromatic heterocycles. The first-order chi connectivity index (χ1) is 14.7. The number of aryl methyl sites for hydroxylation is 1. The zero-order valence-electron chi connectivity index (χ0n) is 16.7. The molecule has 152 valence electrons. The lowest BCUT2D eigenvalue weighted by Crippen LogP contribution is -2.26. The van der Waals surface area contributed by atoms with E-state index in [4.69, 9.17) is 16.6 Å². The minimum Gasteiger partial charge on any atom is -0.356 e. The van der Waals surface area contributed by atoms with E-state index in [1.165, 1.54) is 5.56 Å². The highest BCUT2D eigenvalue weighted by Crippen LogP contribution is 2.19. The topological polar surface area (TPSA) is 46.9 Å². The largest absolute Gasteiger partial charge is 0.356 e. The molecule has 0 aliphatic rings. The summed E-state index contributed by atoms with van der Waals surface area (Å²) in [4.78, 5) is 17.1. The predicted octanol–water partition coefficient (Wildman–Crippen LogP) is 5.03. The summed E-state index contributed by atoms with van der Waals surface area (Å²) in [5.41, 5.74) is 4.24. The molecule has 4 rings (SSSR count). The first kappa shape index (κ1) is 20.2. The number of hydrogen-bond acceptors (Lipinski definition) is 2. The number of fused-ring (bicyclic) bond motifs is 1. The molecule has 5 heteroatoms. The molecule has 1 heterocycles. The van der Waals surface area contributed by atoms with Crippen LogP contribution in [0.15, 0.2) is 78.9 Å². The number of imidazole rings is 1. The minimum absolute atomic E-state index is 0.0131. The van der Waals surface area contributed by atoms with Crippen molar-refractivity contribution in [3.05, 3.63) is 101 Å². The number of amides is 1. The third-order valence-corrected chi connectivity index (χ3v) is 5.49. The monoisotopic (exact) mass is 417 g/mol. The van der Waals surface area contributed by atoms with Gasteiger partial charge >= 0.3 is 0 Å². The fraction of sp³-hybridized carbons (Fsp3) is 0.200. The van der Waals surface area contributed by atoms with Gasteiger partial charge in [0.15, 0.2) is 0 Å². The van der Waals surface area contributed by atoms with Crippen molar-refractivity contribution < 1.29 is 4.79 Å². The molecule has 0 bridgehead atoms. The summed E-state index contributed by atoms with van der Waals surface area (Å²) in [7, 11) is 0. The van der Waals surface area contributed by atoms with Gasteiger partial charge in [-0.3, -0.25) is 4.79 Å². The molecule has 0 saturated heterocycles. The second-order valence-electron chi connectivity index (χ2n) is 7.31. The van der Waals surface area contributed by atoms with Gasteiger partial charge in [0.05, 0.1) is 17.5 Å². The van der Waals surface area contributed by atoms with E-state index in [1.54, 1.807) is 6.07 Å². The van der Waals surface area contributed by atoms with E-state index in [0.29, 0.717) is 18.0 Å². The second-order valence-corrected chi connectivity index (χ2v) is 7.72. The number of nitrogens with one attached hydrogen (secondary N) is 1. The van der Waals surface area contributed by atoms with Gasteiger partial charge in [0, 0.05) is 24.5 Å². The summed E-state index contributed by atoms with van der Waals surface area (Å²) in [6.07, 6.45) is 1.92. The number of carbonyl (C=O) groups excluding carboxylic acids is 1. The molecule has 3 aromatic carbocycles. The van der Waals surface area contributed by atoms with E-state index in [-0.39, 0.29) is 5.91 Å². The summed E-state index contributed by atoms with van der Waals surface area (Å²) < 4.78 is 2.27. The standard InChI is InChI=1S/C25H24ClN3O/c26-21-12-5-4-11-20(21)17-25(30)27-16-8-15-24-28-22-13-6-7-14-23(22)29(24)18-19-9-2-1-3-10-19/h1-7,9-14H,8,15-18H2,(H,27,30). The number of nitrogens with zero attached hydrogens (tertiary/aromatic N) is 2. The van der Waals surface area contributed by atoms with Crippen LogP contribution >= 0.6 is 11.6 Å². The Kier molecular flexibility index (Phi) is 6.45. The van der Waals surface area contributed by atoms with Crippen molar-refractivity contribution in [2.24, 2.45) is 0 Å². The van der Waals surface area contributed by atoms with Crippen LogP contribution in [0.1, 0.15) is 23.4 Å². The van der Waals surface area contributed by atoms with Gasteiger partial charge in [0.1, 0.15) is 5.82 Å². The number of halogens is 1. The fourth-order valence-electron chi connectivity index (χ4n) is 3.61. The van der Waals surface area contributed by atoms with Crippen LogP contribution in [0.2, 0.25) is 5.02 Å². The Morgan fingerprint density at radius 3 is 2.50 bits per heavy atom. The smallest absolute Gasteiger partial charge is 0.224 e. The molecule has 0 atom stereocenters. The van der Waals surface area contributed by atoms with E-state index in [9.17, 15) is 4.79 Å². The number of para-hydroxylation sites is 2. The molecule has 0 aliphatic carbocycles. The maximum Gasteiger partial charge on any atom is 0.224 e. The van der Waals surface area contributed by atoms with E-state index in [1.807, 2.05) is 42.5 Å². The average molecular weight is 418 g/mol. The summed E-state index contributed by atoms with van der Waals surface area (Å²) in [6, 6.07) is 26.1. The number of aromatic nitrogens is 2. The van der Waals surface area contributed by atoms with Crippen LogP contribution in [0, 0.1) is 0 Å². The highest BCUT2D eigenvalue weighted by Gasteiger charge is 2.11. The van der Waals surface area contributed by atoms with Gasteiger partial charge in [-0.05, 0) is 35.7 Å². The third kappa shape index (κ3) is 4.89. The molecular weight excluding hydrogens is 394 g/mol. The molecule has 0 spiro atoms. The molecule has 1 N–H and O–H groups in total. The fourth-order valence-corrected chi connectivity index (χ4v) is 3.81. The van der Waals surface area contributed by atoms with Gasteiger partial charge in [0.25, 0.3) is 0 Å². The molecule has 0 aliphatic heterocycles. The Labute approximate surface area is 181 Å². The Hall–Kier alpha value is -3.11. The van der Waals surface area contributed by atoms with Crippen molar-refractivity contribution >= 4 is 28.5 Å². The van der Waals surface area contributed by atoms with E-state index >= 15 is 0 Å². The summed E-state index contributed by atoms with van der Waals surface area (Å²) in [5.74, 6) is 1.03. The van der Waals surface area contributed by atoms with Gasteiger partial charge in [-0.1, -0.05) is 72.3 Å². The van der Waals surface area contributed by atoms with Crippen molar-refractivity contribution in [1.82, 2.24) is 14.9 Å². The van der Waals surface area contributed by atoms with Crippen LogP contribution in [0.3, 0.4) is 0 Å². The van der Waals surface area contributed by atoms with Crippen LogP contribution in [0.5, 0.6) is 0 Å². The number of carbonyl (C=O) groups is 1. The molecule has 0 fully saturated rings. The lowest BCUT2D eigenvalue weighted by Gasteiger charge is -2.10. The van der Waals surface area contributed by atoms with Crippen molar-refractivity contribution in [3.63, 3.8) is 0 Å². The molecule has 30 heavy (non-hydrogen) atoms. The SMILES string of the molecule is O=C(Cc1ccccc1Cl)NCCCc1nc2ccccc2n1Cc1ccccc1. The Balaban J connectivity index is 1.38. The maximum atomic E-state index is 12.2. The van der Waals surface area contributed by atoms with E-state index < -0.39 is 0 Å². The van der Waals surface area contributed by atoms with Crippen LogP contribution in [0.4, 0.5) is 0 Å². The maximum absolute atomic E-state index is 12.2. The average Bonchev–Trinajstić information content (AvgIpc) is 3.11. The van der Waals surface area contributed by atoms with Crippen molar-refractivity contribution in [2.75, 3.05) is 6.54 Å². The predicted molar refractivity (Wildman–Crippen MR) is 122 cm³/mol. The van der Waals surface area contributed by atoms with Crippen molar-refractivity contribution in [3.8, 4) is 0 Å². The van der Waals surface area contributed by atoms with Gasteiger partial charge in [0.2, 0.25) is 5.91 Å². The highest BCUT2D eigenvalue weighted by molar-refractivity contribution is 6.31. The van der Waals surface area contributed by atoms with E-state index in [0.717, 1.165) is 41.8 Å². The molecule has 0 saturated carbocycles. The third-order valence-electron chi connectivity index (χ3n) is 5.13. The lowest BCUT2D eigenvalue weighted by molar-refractivity contribution is -0.120. The van der Waals surface area contributed by atoms with Gasteiger partial charge in [-0.25, -0.2) is 4.98 Å². The lowest BCUT2D eigenvalue weighted by atomic mass is 10.1. The van der Waals surface area contributed by atoms with Crippen LogP contribution < -0.4 is 5.32 Å². The molecule has 4 aromatic rings. The highest BCUT2D eigenvalue weighted by atomic mass is 35.5. The number of benzene rings is 3. The van der Waals surface area contributed by atoms with Gasteiger partial charge in [-0.15, -0.1) is 0 Å². The molecule has 0 radical (unpaired) electrons. The molecular formula is C25H24ClN3O. The first-order valence-electron chi connectivity index (χ1n) is 10.2. The Morgan fingerprint density at radius 2 is 1.67 bits per heavy atom. The molecule has 0 unspecified atom stereocenters. The first-order valence-corrected chi connectivity index (χ1v) is 10.6. The van der Waals surface area contributed by atoms with Crippen LogP contribution in [-0.2, 0) is 24.2 Å². The normalized spacial score (nSPS) is 11.0. The van der Waals surface area contributed by atoms with E-state index in [2.05, 4.69) is 40.2 Å². The summed E-state index contributed by atoms with van der Waals surface area (Å²) in [5, 5.41) is 3.62. The summed E-state index contributed by atoms with van der Waals surface area (Å²) >= 11 is 6.14. The van der Waals surface area contributed by atoms with Crippen LogP contribution in [0.25, 0.3) is 11.0 Å². The molecule has 1 amide bonds. The van der Waals surface area contributed by atoms with Gasteiger partial charge < -0.3 is 9.88 Å². The number of hydrogen-bond donors (Lipinski definition) is 1. The number of rotatable bonds is 8. The minimum atomic E-state index is -0.0131. The zero-order valence-corrected chi connectivity index (χ0v) is 17.5. The van der Waals surface area contributed by atoms with Crippen molar-refractivity contribution in [1.29, 1.82) is 0 Å². The van der Waals surface area contributed by atoms with Crippen LogP contribution in [-0.4, -0.2) is 22.0 Å². The molecule has 4 nitrogen and oxygen atoms in total. The Morgan fingerprint density at radius 1 is 0.933 bits per heavy atom. The Bertz CT molecular complexity index is 1140. The zero-order chi connectivity index (χ0) is 20.8. The van der Waals surface area contributed by atoms with Crippen molar-refractivity contribution in [2.45, 2.75) is 25.8 Å². The van der Waals surface area contributed by atoms with Gasteiger partial charge in [-0.2, -0.15) is 0 Å². The second kappa shape index (κ2) is 9.59. The quantitative estimate of drug-likeness (QED) is 0.409.